The molecule has 1 atom stereocenters. The highest BCUT2D eigenvalue weighted by molar-refractivity contribution is 4.71. The smallest absolute Gasteiger partial charge is 0.250 e. The monoisotopic (exact) mass is 125 g/mol. The van der Waals surface area contributed by atoms with Gasteiger partial charge in [-0.05, 0) is 13.8 Å². The summed E-state index contributed by atoms with van der Waals surface area (Å²) < 4.78 is 5.04. The highest BCUT2D eigenvalue weighted by Crippen LogP contribution is 1.91. The van der Waals surface area contributed by atoms with Crippen molar-refractivity contribution in [2.45, 2.75) is 20.0 Å². The van der Waals surface area contributed by atoms with E-state index in [1.807, 2.05) is 13.8 Å². The summed E-state index contributed by atoms with van der Waals surface area (Å²) in [6.07, 6.45) is 3.44. The summed E-state index contributed by atoms with van der Waals surface area (Å²) in [4.78, 5) is 3.18. The van der Waals surface area contributed by atoms with Crippen LogP contribution in [0.15, 0.2) is 12.3 Å². The lowest BCUT2D eigenvalue weighted by Gasteiger charge is -2.01. The molecule has 0 aliphatic heterocycles. The van der Waals surface area contributed by atoms with Gasteiger partial charge in [0, 0.05) is 0 Å². The molecule has 0 amide bonds. The van der Waals surface area contributed by atoms with Gasteiger partial charge in [-0.15, -0.1) is 0 Å². The number of rotatable bonds is 3. The van der Waals surface area contributed by atoms with Gasteiger partial charge in [0.15, 0.2) is 6.10 Å². The maximum Gasteiger partial charge on any atom is 0.250 e. The lowest BCUT2D eigenvalue weighted by Crippen LogP contribution is -2.06. The summed E-state index contributed by atoms with van der Waals surface area (Å²) in [6, 6.07) is 0. The van der Waals surface area contributed by atoms with E-state index in [0.29, 0.717) is 6.54 Å². The Morgan fingerprint density at radius 2 is 2.44 bits per heavy atom. The summed E-state index contributed by atoms with van der Waals surface area (Å²) in [7, 11) is 0. The molecule has 0 radical (unpaired) electrons. The van der Waals surface area contributed by atoms with Crippen LogP contribution < -0.4 is 0 Å². The predicted molar refractivity (Wildman–Crippen MR) is 36.8 cm³/mol. The Kier molecular flexibility index (Phi) is 4.61. The van der Waals surface area contributed by atoms with Gasteiger partial charge >= 0.3 is 0 Å². The number of allylic oxidation sites excluding steroid dienone is 1. The third-order valence-electron chi connectivity index (χ3n) is 0.795. The van der Waals surface area contributed by atoms with Gasteiger partial charge in [-0.1, -0.05) is 6.08 Å². The molecule has 0 saturated carbocycles. The van der Waals surface area contributed by atoms with Gasteiger partial charge in [0.05, 0.1) is 6.26 Å². The van der Waals surface area contributed by atoms with Crippen molar-refractivity contribution in [3.63, 3.8) is 0 Å². The molecule has 1 unspecified atom stereocenters. The second-order valence-electron chi connectivity index (χ2n) is 1.76. The van der Waals surface area contributed by atoms with Gasteiger partial charge in [-0.25, -0.2) is 6.57 Å². The Morgan fingerprint density at radius 1 is 1.78 bits per heavy atom. The van der Waals surface area contributed by atoms with E-state index < -0.39 is 0 Å². The van der Waals surface area contributed by atoms with Crippen molar-refractivity contribution in [1.82, 2.24) is 0 Å². The Bertz CT molecular complexity index is 123. The molecule has 50 valence electrons. The van der Waals surface area contributed by atoms with Crippen molar-refractivity contribution in [3.05, 3.63) is 23.8 Å². The molecule has 0 aliphatic carbocycles. The van der Waals surface area contributed by atoms with E-state index in [4.69, 9.17) is 11.3 Å². The molecule has 0 heterocycles. The molecule has 0 spiro atoms. The van der Waals surface area contributed by atoms with Crippen LogP contribution in [0, 0.1) is 6.57 Å². The van der Waals surface area contributed by atoms with Crippen LogP contribution in [0.4, 0.5) is 0 Å². The first kappa shape index (κ1) is 8.03. The van der Waals surface area contributed by atoms with Crippen LogP contribution in [0.3, 0.4) is 0 Å². The Labute approximate surface area is 56.0 Å². The normalized spacial score (nSPS) is 13.0. The molecule has 0 bridgehead atoms. The average molecular weight is 125 g/mol. The van der Waals surface area contributed by atoms with Gasteiger partial charge in [0.2, 0.25) is 0 Å². The molecule has 2 heteroatoms. The second kappa shape index (κ2) is 5.17. The van der Waals surface area contributed by atoms with Crippen molar-refractivity contribution in [2.24, 2.45) is 0 Å². The van der Waals surface area contributed by atoms with Crippen molar-refractivity contribution in [2.75, 3.05) is 6.54 Å². The van der Waals surface area contributed by atoms with E-state index in [9.17, 15) is 0 Å². The highest BCUT2D eigenvalue weighted by Gasteiger charge is 1.99. The maximum atomic E-state index is 6.49. The van der Waals surface area contributed by atoms with Crippen molar-refractivity contribution < 1.29 is 4.74 Å². The fourth-order valence-electron chi connectivity index (χ4n) is 0.384. The lowest BCUT2D eigenvalue weighted by atomic mass is 10.4. The Hall–Kier alpha value is -0.970. The molecular weight excluding hydrogens is 114 g/mol. The molecule has 0 aliphatic rings. The minimum Gasteiger partial charge on any atom is -0.491 e. The molecule has 0 aromatic carbocycles. The van der Waals surface area contributed by atoms with E-state index >= 15 is 0 Å². The second-order valence-corrected chi connectivity index (χ2v) is 1.76. The van der Waals surface area contributed by atoms with Crippen LogP contribution in [0.1, 0.15) is 13.8 Å². The molecule has 9 heavy (non-hydrogen) atoms. The topological polar surface area (TPSA) is 13.6 Å². The first-order valence-corrected chi connectivity index (χ1v) is 2.91. The SMILES string of the molecule is [C-]#[N+]CC(C)OC=CC. The third kappa shape index (κ3) is 4.89. The van der Waals surface area contributed by atoms with Crippen molar-refractivity contribution >= 4 is 0 Å². The van der Waals surface area contributed by atoms with Crippen molar-refractivity contribution in [3.8, 4) is 0 Å². The van der Waals surface area contributed by atoms with Crippen molar-refractivity contribution in [1.29, 1.82) is 0 Å². The van der Waals surface area contributed by atoms with Crippen LogP contribution in [0.5, 0.6) is 0 Å². The van der Waals surface area contributed by atoms with E-state index in [-0.39, 0.29) is 6.10 Å². The summed E-state index contributed by atoms with van der Waals surface area (Å²) in [5.74, 6) is 0. The maximum absolute atomic E-state index is 6.49. The molecular formula is C7H11NO. The van der Waals surface area contributed by atoms with Crippen LogP contribution >= 0.6 is 0 Å². The minimum absolute atomic E-state index is 0.0266. The first-order chi connectivity index (χ1) is 4.31. The highest BCUT2D eigenvalue weighted by atomic mass is 16.5. The van der Waals surface area contributed by atoms with Gasteiger partial charge < -0.3 is 9.58 Å². The van der Waals surface area contributed by atoms with E-state index in [1.54, 1.807) is 12.3 Å². The molecule has 2 nitrogen and oxygen atoms in total. The molecule has 0 aromatic heterocycles. The Balaban J connectivity index is 3.29. The molecule has 0 fully saturated rings. The van der Waals surface area contributed by atoms with Crippen LogP contribution in [-0.4, -0.2) is 12.6 Å². The zero-order valence-electron chi connectivity index (χ0n) is 5.79. The summed E-state index contributed by atoms with van der Waals surface area (Å²) >= 11 is 0. The fourth-order valence-corrected chi connectivity index (χ4v) is 0.384. The number of hydrogen-bond acceptors (Lipinski definition) is 1. The lowest BCUT2D eigenvalue weighted by molar-refractivity contribution is 0.176. The zero-order valence-corrected chi connectivity index (χ0v) is 5.79. The van der Waals surface area contributed by atoms with E-state index in [0.717, 1.165) is 0 Å². The van der Waals surface area contributed by atoms with Gasteiger partial charge in [0.25, 0.3) is 6.54 Å². The Morgan fingerprint density at radius 3 is 2.89 bits per heavy atom. The van der Waals surface area contributed by atoms with Gasteiger partial charge in [-0.2, -0.15) is 0 Å². The largest absolute Gasteiger partial charge is 0.491 e. The summed E-state index contributed by atoms with van der Waals surface area (Å²) in [5.41, 5.74) is 0. The quantitative estimate of drug-likeness (QED) is 0.414. The minimum atomic E-state index is 0.0266. The van der Waals surface area contributed by atoms with Crippen LogP contribution in [0.25, 0.3) is 4.85 Å². The first-order valence-electron chi connectivity index (χ1n) is 2.91. The standard InChI is InChI=1S/C7H11NO/c1-4-5-9-7(2)6-8-3/h4-5,7H,6H2,1-2H3. The molecule has 0 saturated heterocycles. The molecule has 0 rings (SSSR count). The predicted octanol–water partition coefficient (Wildman–Crippen LogP) is 1.84. The summed E-state index contributed by atoms with van der Waals surface area (Å²) in [5, 5.41) is 0. The molecule has 0 N–H and O–H groups in total. The van der Waals surface area contributed by atoms with Crippen LogP contribution in [-0.2, 0) is 4.74 Å². The molecule has 0 aromatic rings. The number of ether oxygens (including phenoxy) is 1. The fraction of sp³-hybridized carbons (Fsp3) is 0.571. The average Bonchev–Trinajstić information content (AvgIpc) is 1.85. The van der Waals surface area contributed by atoms with Gasteiger partial charge in [0.1, 0.15) is 0 Å². The van der Waals surface area contributed by atoms with E-state index in [2.05, 4.69) is 4.85 Å². The zero-order chi connectivity index (χ0) is 7.11. The number of nitrogens with zero attached hydrogens (tertiary/aromatic N) is 1. The van der Waals surface area contributed by atoms with Gasteiger partial charge in [-0.3, -0.25) is 0 Å². The third-order valence-corrected chi connectivity index (χ3v) is 0.795. The number of hydrogen-bond donors (Lipinski definition) is 0. The summed E-state index contributed by atoms with van der Waals surface area (Å²) in [6.45, 7) is 10.7. The van der Waals surface area contributed by atoms with Crippen LogP contribution in [0.2, 0.25) is 0 Å². The van der Waals surface area contributed by atoms with E-state index in [1.165, 1.54) is 0 Å².